The van der Waals surface area contributed by atoms with E-state index >= 15 is 0 Å². The molecule has 8 nitrogen and oxygen atoms in total. The lowest BCUT2D eigenvalue weighted by molar-refractivity contribution is -0.130. The highest BCUT2D eigenvalue weighted by atomic mass is 16.5. The third-order valence-corrected chi connectivity index (χ3v) is 5.35. The van der Waals surface area contributed by atoms with E-state index in [9.17, 15) is 4.79 Å². The van der Waals surface area contributed by atoms with Crippen LogP contribution in [-0.2, 0) is 28.0 Å². The molecule has 3 rings (SSSR count). The maximum absolute atomic E-state index is 12.9. The first-order valence-electron chi connectivity index (χ1n) is 9.22. The van der Waals surface area contributed by atoms with Crippen LogP contribution in [-0.4, -0.2) is 76.8 Å². The number of nitrogens with zero attached hydrogens (tertiary/aromatic N) is 6. The van der Waals surface area contributed by atoms with E-state index < -0.39 is 0 Å². The van der Waals surface area contributed by atoms with Crippen LogP contribution in [0.3, 0.4) is 0 Å². The molecule has 0 N–H and O–H groups in total. The van der Waals surface area contributed by atoms with E-state index in [0.29, 0.717) is 32.7 Å². The molecule has 1 aliphatic rings. The van der Waals surface area contributed by atoms with E-state index in [2.05, 4.69) is 26.5 Å². The van der Waals surface area contributed by atoms with Crippen molar-refractivity contribution in [2.45, 2.75) is 31.8 Å². The number of amides is 1. The number of rotatable bonds is 7. The first-order chi connectivity index (χ1) is 13.0. The van der Waals surface area contributed by atoms with E-state index in [4.69, 9.17) is 4.74 Å². The molecule has 1 amide bonds. The summed E-state index contributed by atoms with van der Waals surface area (Å²) in [4.78, 5) is 16.9. The fraction of sp³-hybridized carbons (Fsp3) is 0.579. The predicted molar refractivity (Wildman–Crippen MR) is 101 cm³/mol. The van der Waals surface area contributed by atoms with Crippen LogP contribution in [0.2, 0.25) is 0 Å². The molecule has 8 heteroatoms. The van der Waals surface area contributed by atoms with Crippen molar-refractivity contribution >= 4 is 5.91 Å². The monoisotopic (exact) mass is 372 g/mol. The number of methoxy groups -OCH3 is 1. The van der Waals surface area contributed by atoms with Crippen molar-refractivity contribution in [1.82, 2.24) is 30.0 Å². The molecule has 2 aromatic rings. The van der Waals surface area contributed by atoms with E-state index in [1.54, 1.807) is 11.8 Å². The van der Waals surface area contributed by atoms with Gasteiger partial charge in [-0.25, -0.2) is 4.68 Å². The smallest absolute Gasteiger partial charge is 0.227 e. The standard InChI is InChI=1S/C19H28N6O2/c1-15-6-5-7-16(12-15)13-17(26)24-9-8-19(14-24,23(2)3)18-20-21-22-25(18)10-11-27-4/h5-7,12H,8-11,13-14H2,1-4H3. The fourth-order valence-corrected chi connectivity index (χ4v) is 3.73. The summed E-state index contributed by atoms with van der Waals surface area (Å²) < 4.78 is 6.96. The van der Waals surface area contributed by atoms with Crippen molar-refractivity contribution in [3.63, 3.8) is 0 Å². The topological polar surface area (TPSA) is 76.4 Å². The Balaban J connectivity index is 1.78. The molecule has 27 heavy (non-hydrogen) atoms. The van der Waals surface area contributed by atoms with Crippen LogP contribution in [0.5, 0.6) is 0 Å². The lowest BCUT2D eigenvalue weighted by Gasteiger charge is -2.34. The summed E-state index contributed by atoms with van der Waals surface area (Å²) in [5.74, 6) is 0.927. The molecule has 0 spiro atoms. The van der Waals surface area contributed by atoms with Crippen molar-refractivity contribution in [1.29, 1.82) is 0 Å². The quantitative estimate of drug-likeness (QED) is 0.718. The first-order valence-corrected chi connectivity index (χ1v) is 9.22. The van der Waals surface area contributed by atoms with Crippen LogP contribution in [0.15, 0.2) is 24.3 Å². The van der Waals surface area contributed by atoms with Crippen molar-refractivity contribution in [3.05, 3.63) is 41.2 Å². The number of aromatic nitrogens is 4. The normalized spacial score (nSPS) is 19.8. The Labute approximate surface area is 160 Å². The lowest BCUT2D eigenvalue weighted by Crippen LogP contribution is -2.47. The van der Waals surface area contributed by atoms with E-state index in [-0.39, 0.29) is 11.4 Å². The van der Waals surface area contributed by atoms with E-state index in [1.165, 1.54) is 5.56 Å². The summed E-state index contributed by atoms with van der Waals surface area (Å²) in [6, 6.07) is 8.11. The zero-order valence-corrected chi connectivity index (χ0v) is 16.6. The van der Waals surface area contributed by atoms with Crippen LogP contribution < -0.4 is 0 Å². The highest BCUT2D eigenvalue weighted by molar-refractivity contribution is 5.79. The van der Waals surface area contributed by atoms with Gasteiger partial charge in [0.05, 0.1) is 19.6 Å². The van der Waals surface area contributed by atoms with Crippen LogP contribution in [0.4, 0.5) is 0 Å². The number of likely N-dealkylation sites (tertiary alicyclic amines) is 1. The number of hydrogen-bond donors (Lipinski definition) is 0. The minimum Gasteiger partial charge on any atom is -0.383 e. The molecule has 0 bridgehead atoms. The van der Waals surface area contributed by atoms with Crippen LogP contribution in [0, 0.1) is 6.92 Å². The molecule has 1 aromatic heterocycles. The molecule has 1 atom stereocenters. The third-order valence-electron chi connectivity index (χ3n) is 5.35. The average molecular weight is 372 g/mol. The number of likely N-dealkylation sites (N-methyl/N-ethyl adjacent to an activating group) is 1. The molecule has 0 aliphatic carbocycles. The first kappa shape index (κ1) is 19.4. The minimum atomic E-state index is -0.389. The predicted octanol–water partition coefficient (Wildman–Crippen LogP) is 0.860. The molecule has 1 fully saturated rings. The summed E-state index contributed by atoms with van der Waals surface area (Å²) in [6.45, 7) is 4.45. The van der Waals surface area contributed by atoms with Gasteiger partial charge in [0.1, 0.15) is 5.54 Å². The third kappa shape index (κ3) is 4.01. The molecule has 0 radical (unpaired) electrons. The van der Waals surface area contributed by atoms with Crippen LogP contribution >= 0.6 is 0 Å². The maximum atomic E-state index is 12.9. The van der Waals surface area contributed by atoms with Gasteiger partial charge in [-0.1, -0.05) is 29.8 Å². The highest BCUT2D eigenvalue weighted by Gasteiger charge is 2.47. The Hall–Kier alpha value is -2.32. The SMILES string of the molecule is COCCn1nnnc1C1(N(C)C)CCN(C(=O)Cc2cccc(C)c2)C1. The van der Waals surface area contributed by atoms with Gasteiger partial charge >= 0.3 is 0 Å². The van der Waals surface area contributed by atoms with Gasteiger partial charge < -0.3 is 9.64 Å². The summed E-state index contributed by atoms with van der Waals surface area (Å²) in [5, 5.41) is 12.3. The van der Waals surface area contributed by atoms with Crippen molar-refractivity contribution in [3.8, 4) is 0 Å². The largest absolute Gasteiger partial charge is 0.383 e. The summed E-state index contributed by atoms with van der Waals surface area (Å²) in [5.41, 5.74) is 1.83. The molecular formula is C19H28N6O2. The number of benzene rings is 1. The second kappa shape index (κ2) is 8.14. The number of aryl methyl sites for hydroxylation is 1. The summed E-state index contributed by atoms with van der Waals surface area (Å²) in [7, 11) is 5.70. The number of ether oxygens (including phenoxy) is 1. The van der Waals surface area contributed by atoms with Gasteiger partial charge in [-0.3, -0.25) is 9.69 Å². The molecule has 1 saturated heterocycles. The maximum Gasteiger partial charge on any atom is 0.227 e. The number of carbonyl (C=O) groups is 1. The number of tetrazole rings is 1. The van der Waals surface area contributed by atoms with Crippen LogP contribution in [0.25, 0.3) is 0 Å². The van der Waals surface area contributed by atoms with Gasteiger partial charge in [0.2, 0.25) is 5.91 Å². The van der Waals surface area contributed by atoms with Crippen molar-refractivity contribution < 1.29 is 9.53 Å². The zero-order chi connectivity index (χ0) is 19.4. The van der Waals surface area contributed by atoms with Gasteiger partial charge in [0.25, 0.3) is 0 Å². The fourth-order valence-electron chi connectivity index (χ4n) is 3.73. The minimum absolute atomic E-state index is 0.139. The van der Waals surface area contributed by atoms with Gasteiger partial charge in [0.15, 0.2) is 5.82 Å². The molecule has 1 aliphatic heterocycles. The Morgan fingerprint density at radius 2 is 2.19 bits per heavy atom. The van der Waals surface area contributed by atoms with Gasteiger partial charge in [-0.15, -0.1) is 5.10 Å². The Kier molecular flexibility index (Phi) is 5.86. The number of carbonyl (C=O) groups excluding carboxylic acids is 1. The van der Waals surface area contributed by atoms with E-state index in [0.717, 1.165) is 17.8 Å². The van der Waals surface area contributed by atoms with Gasteiger partial charge in [-0.05, 0) is 43.4 Å². The average Bonchev–Trinajstić information content (AvgIpc) is 3.27. The summed E-state index contributed by atoms with van der Waals surface area (Å²) >= 11 is 0. The van der Waals surface area contributed by atoms with Gasteiger partial charge in [-0.2, -0.15) is 0 Å². The van der Waals surface area contributed by atoms with Crippen molar-refractivity contribution in [2.24, 2.45) is 0 Å². The number of hydrogen-bond acceptors (Lipinski definition) is 6. The summed E-state index contributed by atoms with van der Waals surface area (Å²) in [6.07, 6.45) is 1.21. The Morgan fingerprint density at radius 1 is 1.37 bits per heavy atom. The lowest BCUT2D eigenvalue weighted by atomic mass is 9.96. The Bertz CT molecular complexity index is 790. The van der Waals surface area contributed by atoms with Gasteiger partial charge in [0, 0.05) is 20.2 Å². The second-order valence-electron chi connectivity index (χ2n) is 7.38. The van der Waals surface area contributed by atoms with E-state index in [1.807, 2.05) is 44.1 Å². The highest BCUT2D eigenvalue weighted by Crippen LogP contribution is 2.35. The Morgan fingerprint density at radius 3 is 2.89 bits per heavy atom. The molecule has 0 saturated carbocycles. The molecule has 146 valence electrons. The molecule has 1 aromatic carbocycles. The second-order valence-corrected chi connectivity index (χ2v) is 7.38. The molecule has 1 unspecified atom stereocenters. The molecular weight excluding hydrogens is 344 g/mol. The molecule has 2 heterocycles. The van der Waals surface area contributed by atoms with Crippen LogP contribution in [0.1, 0.15) is 23.4 Å². The van der Waals surface area contributed by atoms with Crippen molar-refractivity contribution in [2.75, 3.05) is 40.9 Å². The zero-order valence-electron chi connectivity index (χ0n) is 16.6.